The Balaban J connectivity index is 1.37. The summed E-state index contributed by atoms with van der Waals surface area (Å²) >= 11 is 0. The monoisotopic (exact) mass is 421 g/mol. The maximum Gasteiger partial charge on any atom is 0.260 e. The molecule has 0 aliphatic rings. The minimum absolute atomic E-state index is 0.179. The number of hydrogen-bond donors (Lipinski definition) is 1. The zero-order valence-electron chi connectivity index (χ0n) is 17.1. The van der Waals surface area contributed by atoms with Gasteiger partial charge in [-0.3, -0.25) is 4.79 Å². The number of rotatable bonds is 6. The molecule has 0 aliphatic heterocycles. The fourth-order valence-corrected chi connectivity index (χ4v) is 3.48. The molecule has 0 unspecified atom stereocenters. The summed E-state index contributed by atoms with van der Waals surface area (Å²) in [6.45, 7) is 0.179. The van der Waals surface area contributed by atoms with Crippen molar-refractivity contribution in [3.8, 4) is 17.2 Å². The second kappa shape index (κ2) is 8.73. The molecule has 156 valence electrons. The Morgan fingerprint density at radius 1 is 0.844 bits per heavy atom. The molecule has 32 heavy (non-hydrogen) atoms. The number of benzene rings is 4. The van der Waals surface area contributed by atoms with Crippen LogP contribution in [0, 0.1) is 0 Å². The molecule has 1 aromatic heterocycles. The summed E-state index contributed by atoms with van der Waals surface area (Å²) in [7, 11) is 0. The van der Waals surface area contributed by atoms with Crippen molar-refractivity contribution < 1.29 is 14.1 Å². The number of ether oxygens (including phenoxy) is 1. The molecule has 0 saturated carbocycles. The summed E-state index contributed by atoms with van der Waals surface area (Å²) in [5, 5.41) is 8.89. The predicted molar refractivity (Wildman–Crippen MR) is 122 cm³/mol. The van der Waals surface area contributed by atoms with E-state index in [2.05, 4.69) is 15.5 Å². The van der Waals surface area contributed by atoms with Gasteiger partial charge >= 0.3 is 0 Å². The van der Waals surface area contributed by atoms with Crippen LogP contribution in [0.2, 0.25) is 0 Å². The Morgan fingerprint density at radius 2 is 1.59 bits per heavy atom. The minimum Gasteiger partial charge on any atom is -0.485 e. The zero-order valence-corrected chi connectivity index (χ0v) is 17.1. The number of fused-ring (bicyclic) bond motifs is 1. The molecular formula is C26H19N3O3. The van der Waals surface area contributed by atoms with Crippen LogP contribution in [0.5, 0.6) is 5.75 Å². The van der Waals surface area contributed by atoms with Gasteiger partial charge in [-0.2, -0.15) is 4.98 Å². The molecule has 6 nitrogen and oxygen atoms in total. The largest absolute Gasteiger partial charge is 0.485 e. The maximum absolute atomic E-state index is 13.1. The minimum atomic E-state index is -0.207. The molecule has 0 atom stereocenters. The van der Waals surface area contributed by atoms with Gasteiger partial charge in [0.15, 0.2) is 6.61 Å². The van der Waals surface area contributed by atoms with Gasteiger partial charge in [-0.25, -0.2) is 0 Å². The van der Waals surface area contributed by atoms with Gasteiger partial charge in [0.1, 0.15) is 5.75 Å². The van der Waals surface area contributed by atoms with Crippen LogP contribution in [0.15, 0.2) is 102 Å². The Morgan fingerprint density at radius 3 is 2.50 bits per heavy atom. The fraction of sp³-hybridized carbons (Fsp3) is 0.0385. The smallest absolute Gasteiger partial charge is 0.260 e. The molecule has 0 saturated heterocycles. The van der Waals surface area contributed by atoms with Gasteiger partial charge in [0, 0.05) is 5.56 Å². The number of hydrogen-bond acceptors (Lipinski definition) is 5. The number of nitrogens with zero attached hydrogens (tertiary/aromatic N) is 2. The van der Waals surface area contributed by atoms with Crippen molar-refractivity contribution in [2.45, 2.75) is 6.61 Å². The van der Waals surface area contributed by atoms with Crippen LogP contribution in [0.1, 0.15) is 16.2 Å². The van der Waals surface area contributed by atoms with Gasteiger partial charge in [0.25, 0.3) is 11.8 Å². The lowest BCUT2D eigenvalue weighted by Crippen LogP contribution is -2.13. The normalized spacial score (nSPS) is 10.8. The molecule has 5 aromatic rings. The van der Waals surface area contributed by atoms with Crippen molar-refractivity contribution in [1.29, 1.82) is 0 Å². The summed E-state index contributed by atoms with van der Waals surface area (Å²) in [6, 6.07) is 30.2. The standard InChI is InChI=1S/C26H19N3O3/c30-25(21-15-8-10-18-9-4-5-13-20(18)21)27-23-16-7-6-14-22(23)26-28-24(29-32-26)17-31-19-11-2-1-3-12-19/h1-16H,17H2,(H,27,30). The molecule has 0 fully saturated rings. The summed E-state index contributed by atoms with van der Waals surface area (Å²) < 4.78 is 11.1. The van der Waals surface area contributed by atoms with E-state index in [9.17, 15) is 4.79 Å². The lowest BCUT2D eigenvalue weighted by molar-refractivity contribution is 0.102. The second-order valence-electron chi connectivity index (χ2n) is 7.14. The molecule has 0 bridgehead atoms. The van der Waals surface area contributed by atoms with Crippen LogP contribution >= 0.6 is 0 Å². The summed E-state index contributed by atoms with van der Waals surface area (Å²) in [4.78, 5) is 17.5. The molecule has 1 N–H and O–H groups in total. The molecule has 0 aliphatic carbocycles. The van der Waals surface area contributed by atoms with E-state index in [-0.39, 0.29) is 12.5 Å². The zero-order chi connectivity index (χ0) is 21.8. The number of aromatic nitrogens is 2. The molecular weight excluding hydrogens is 402 g/mol. The quantitative estimate of drug-likeness (QED) is 0.379. The average Bonchev–Trinajstić information content (AvgIpc) is 3.32. The van der Waals surface area contributed by atoms with Gasteiger partial charge in [0.2, 0.25) is 5.82 Å². The van der Waals surface area contributed by atoms with Crippen molar-refractivity contribution in [3.05, 3.63) is 108 Å². The van der Waals surface area contributed by atoms with Crippen LogP contribution in [0.4, 0.5) is 5.69 Å². The predicted octanol–water partition coefficient (Wildman–Crippen LogP) is 5.72. The van der Waals surface area contributed by atoms with Crippen molar-refractivity contribution >= 4 is 22.4 Å². The van der Waals surface area contributed by atoms with E-state index in [0.29, 0.717) is 28.5 Å². The first-order valence-corrected chi connectivity index (χ1v) is 10.2. The molecule has 1 heterocycles. The van der Waals surface area contributed by atoms with Crippen LogP contribution in [0.25, 0.3) is 22.2 Å². The van der Waals surface area contributed by atoms with Crippen LogP contribution in [0.3, 0.4) is 0 Å². The fourth-order valence-electron chi connectivity index (χ4n) is 3.48. The van der Waals surface area contributed by atoms with Crippen LogP contribution in [-0.4, -0.2) is 16.0 Å². The van der Waals surface area contributed by atoms with Gasteiger partial charge in [0.05, 0.1) is 11.3 Å². The second-order valence-corrected chi connectivity index (χ2v) is 7.14. The number of carbonyl (C=O) groups is 1. The van der Waals surface area contributed by atoms with Crippen molar-refractivity contribution in [3.63, 3.8) is 0 Å². The lowest BCUT2D eigenvalue weighted by Gasteiger charge is -2.10. The molecule has 4 aromatic carbocycles. The molecule has 6 heteroatoms. The summed E-state index contributed by atoms with van der Waals surface area (Å²) in [5.41, 5.74) is 1.82. The Kier molecular flexibility index (Phi) is 5.32. The molecule has 5 rings (SSSR count). The summed E-state index contributed by atoms with van der Waals surface area (Å²) in [6.07, 6.45) is 0. The third-order valence-corrected chi connectivity index (χ3v) is 5.02. The van der Waals surface area contributed by atoms with E-state index >= 15 is 0 Å². The highest BCUT2D eigenvalue weighted by Gasteiger charge is 2.16. The highest BCUT2D eigenvalue weighted by Crippen LogP contribution is 2.28. The molecule has 1 amide bonds. The lowest BCUT2D eigenvalue weighted by atomic mass is 10.0. The van der Waals surface area contributed by atoms with Gasteiger partial charge < -0.3 is 14.6 Å². The highest BCUT2D eigenvalue weighted by atomic mass is 16.5. The first-order chi connectivity index (χ1) is 15.8. The number of anilines is 1. The average molecular weight is 421 g/mol. The topological polar surface area (TPSA) is 77.2 Å². The molecule has 0 spiro atoms. The first-order valence-electron chi connectivity index (χ1n) is 10.2. The highest BCUT2D eigenvalue weighted by molar-refractivity contribution is 6.13. The van der Waals surface area contributed by atoms with E-state index < -0.39 is 0 Å². The third-order valence-electron chi connectivity index (χ3n) is 5.02. The van der Waals surface area contributed by atoms with Crippen molar-refractivity contribution in [2.24, 2.45) is 0 Å². The Hall–Kier alpha value is -4.45. The van der Waals surface area contributed by atoms with Crippen LogP contribution < -0.4 is 10.1 Å². The number of amides is 1. The van der Waals surface area contributed by atoms with Crippen molar-refractivity contribution in [1.82, 2.24) is 10.1 Å². The number of carbonyl (C=O) groups excluding carboxylic acids is 1. The van der Waals surface area contributed by atoms with E-state index in [1.165, 1.54) is 0 Å². The van der Waals surface area contributed by atoms with Crippen LogP contribution in [-0.2, 0) is 6.61 Å². The number of nitrogens with one attached hydrogen (secondary N) is 1. The SMILES string of the molecule is O=C(Nc1ccccc1-c1nc(COc2ccccc2)no1)c1cccc2ccccc12. The van der Waals surface area contributed by atoms with Gasteiger partial charge in [-0.15, -0.1) is 0 Å². The first kappa shape index (κ1) is 19.5. The van der Waals surface area contributed by atoms with Crippen molar-refractivity contribution in [2.75, 3.05) is 5.32 Å². The molecule has 0 radical (unpaired) electrons. The van der Waals surface area contributed by atoms with Gasteiger partial charge in [-0.1, -0.05) is 71.9 Å². The maximum atomic E-state index is 13.1. The van der Waals surface area contributed by atoms with Gasteiger partial charge in [-0.05, 0) is 41.1 Å². The number of para-hydroxylation sites is 2. The van der Waals surface area contributed by atoms with E-state index in [0.717, 1.165) is 16.5 Å². The van der Waals surface area contributed by atoms with E-state index in [1.54, 1.807) is 0 Å². The summed E-state index contributed by atoms with van der Waals surface area (Å²) in [5.74, 6) is 1.24. The Bertz CT molecular complexity index is 1370. The third kappa shape index (κ3) is 4.06. The Labute approximate surface area is 184 Å². The van der Waals surface area contributed by atoms with E-state index in [4.69, 9.17) is 9.26 Å². The van der Waals surface area contributed by atoms with E-state index in [1.807, 2.05) is 97.1 Å².